The number of nitrogens with zero attached hydrogens (tertiary/aromatic N) is 2. The number of para-hydroxylation sites is 2. The highest BCUT2D eigenvalue weighted by atomic mass is 15.1. The molecule has 0 spiro atoms. The van der Waals surface area contributed by atoms with Crippen LogP contribution in [0.15, 0.2) is 199 Å². The lowest BCUT2D eigenvalue weighted by molar-refractivity contribution is 1.28. The molecule has 1 heterocycles. The van der Waals surface area contributed by atoms with E-state index in [9.17, 15) is 0 Å². The zero-order valence-corrected chi connectivity index (χ0v) is 30.3. The Labute approximate surface area is 321 Å². The Morgan fingerprint density at radius 2 is 1.02 bits per heavy atom. The minimum atomic E-state index is 0.893. The van der Waals surface area contributed by atoms with Gasteiger partial charge in [0.15, 0.2) is 0 Å². The van der Waals surface area contributed by atoms with Gasteiger partial charge in [0.25, 0.3) is 0 Å². The summed E-state index contributed by atoms with van der Waals surface area (Å²) in [4.78, 5) is 7.38. The molecule has 2 nitrogen and oxygen atoms in total. The van der Waals surface area contributed by atoms with Crippen LogP contribution >= 0.6 is 0 Å². The summed E-state index contributed by atoms with van der Waals surface area (Å²) in [6.07, 6.45) is 1.82. The van der Waals surface area contributed by atoms with Gasteiger partial charge in [0.2, 0.25) is 0 Å². The first-order valence-electron chi connectivity index (χ1n) is 19.1. The van der Waals surface area contributed by atoms with E-state index in [4.69, 9.17) is 4.99 Å². The number of benzene rings is 9. The molecule has 258 valence electrons. The highest BCUT2D eigenvalue weighted by Crippen LogP contribution is 2.45. The van der Waals surface area contributed by atoms with Crippen LogP contribution in [0.25, 0.3) is 54.9 Å². The van der Waals surface area contributed by atoms with Gasteiger partial charge in [-0.05, 0) is 127 Å². The lowest BCUT2D eigenvalue weighted by Crippen LogP contribution is -2.10. The maximum atomic E-state index is 5.00. The second-order valence-corrected chi connectivity index (χ2v) is 14.7. The average Bonchev–Trinajstić information content (AvgIpc) is 3.87. The number of fused-ring (bicyclic) bond motifs is 7. The lowest BCUT2D eigenvalue weighted by atomic mass is 9.92. The molecule has 0 amide bonds. The Hall–Kier alpha value is -7.03. The first kappa shape index (κ1) is 31.5. The monoisotopic (exact) mass is 700 g/mol. The summed E-state index contributed by atoms with van der Waals surface area (Å²) in [5.41, 5.74) is 18.6. The lowest BCUT2D eigenvalue weighted by Gasteiger charge is -2.27. The zero-order valence-electron chi connectivity index (χ0n) is 30.3. The number of rotatable bonds is 6. The van der Waals surface area contributed by atoms with Crippen LogP contribution in [-0.4, -0.2) is 5.71 Å². The van der Waals surface area contributed by atoms with Crippen LogP contribution in [0.3, 0.4) is 0 Å². The Kier molecular flexibility index (Phi) is 7.34. The minimum absolute atomic E-state index is 0.893. The third kappa shape index (κ3) is 5.37. The molecule has 9 aromatic carbocycles. The number of anilines is 3. The highest BCUT2D eigenvalue weighted by Gasteiger charge is 2.24. The van der Waals surface area contributed by atoms with E-state index in [0.29, 0.717) is 0 Å². The van der Waals surface area contributed by atoms with Crippen molar-refractivity contribution >= 4 is 50.0 Å². The van der Waals surface area contributed by atoms with Crippen molar-refractivity contribution in [2.75, 3.05) is 4.90 Å². The third-order valence-electron chi connectivity index (χ3n) is 11.5. The number of aliphatic imine (C=N–C) groups is 1. The molecular weight excluding hydrogens is 665 g/mol. The standard InChI is InChI=1S/C53H36N2/c1-3-11-35(12-4-1)36-21-25-43(26-22-36)55(42-14-5-2-6-15-42)53-30-29-44(46-16-8-9-17-48(46)53)38-20-19-37-23-28-47-45-27-24-40(31-41(45)33-50(47)49(37)32-38)52-34-39-13-7-10-18-51(39)54-52/h1-32H,33-34H2. The van der Waals surface area contributed by atoms with E-state index < -0.39 is 0 Å². The second kappa shape index (κ2) is 12.8. The van der Waals surface area contributed by atoms with Gasteiger partial charge in [-0.2, -0.15) is 0 Å². The summed E-state index contributed by atoms with van der Waals surface area (Å²) in [6.45, 7) is 0. The maximum Gasteiger partial charge on any atom is 0.0669 e. The van der Waals surface area contributed by atoms with Crippen LogP contribution < -0.4 is 4.90 Å². The van der Waals surface area contributed by atoms with Gasteiger partial charge in [0.05, 0.1) is 17.1 Å². The second-order valence-electron chi connectivity index (χ2n) is 14.7. The normalized spacial score (nSPS) is 12.7. The molecule has 0 bridgehead atoms. The molecule has 55 heavy (non-hydrogen) atoms. The van der Waals surface area contributed by atoms with E-state index in [1.807, 2.05) is 0 Å². The molecule has 0 aromatic heterocycles. The van der Waals surface area contributed by atoms with Gasteiger partial charge in [-0.15, -0.1) is 0 Å². The van der Waals surface area contributed by atoms with Crippen molar-refractivity contribution < 1.29 is 0 Å². The van der Waals surface area contributed by atoms with E-state index in [-0.39, 0.29) is 0 Å². The van der Waals surface area contributed by atoms with Crippen LogP contribution in [0.1, 0.15) is 22.3 Å². The summed E-state index contributed by atoms with van der Waals surface area (Å²) in [6, 6.07) is 70.8. The summed E-state index contributed by atoms with van der Waals surface area (Å²) in [5, 5.41) is 5.06. The van der Waals surface area contributed by atoms with Gasteiger partial charge in [0, 0.05) is 23.2 Å². The molecule has 0 atom stereocenters. The number of hydrogen-bond donors (Lipinski definition) is 0. The largest absolute Gasteiger partial charge is 0.310 e. The van der Waals surface area contributed by atoms with Crippen molar-refractivity contribution in [2.24, 2.45) is 4.99 Å². The zero-order chi connectivity index (χ0) is 36.3. The fraction of sp³-hybridized carbons (Fsp3) is 0.0377. The average molecular weight is 701 g/mol. The van der Waals surface area contributed by atoms with Crippen LogP contribution in [0.4, 0.5) is 22.7 Å². The van der Waals surface area contributed by atoms with Crippen molar-refractivity contribution in [1.82, 2.24) is 0 Å². The number of hydrogen-bond acceptors (Lipinski definition) is 2. The first-order valence-corrected chi connectivity index (χ1v) is 19.1. The Balaban J connectivity index is 0.984. The molecule has 0 unspecified atom stereocenters. The SMILES string of the molecule is c1ccc(-c2ccc(N(c3ccccc3)c3ccc(-c4ccc5ccc6c(c5c4)Cc4cc(C5=Nc7ccccc7C5)ccc4-6)c4ccccc34)cc2)cc1. The summed E-state index contributed by atoms with van der Waals surface area (Å²) >= 11 is 0. The van der Waals surface area contributed by atoms with E-state index in [2.05, 4.69) is 199 Å². The van der Waals surface area contributed by atoms with Crippen LogP contribution in [0.2, 0.25) is 0 Å². The van der Waals surface area contributed by atoms with Crippen molar-refractivity contribution in [3.05, 3.63) is 216 Å². The Bertz CT molecular complexity index is 2960. The van der Waals surface area contributed by atoms with Crippen LogP contribution in [0.5, 0.6) is 0 Å². The van der Waals surface area contributed by atoms with Gasteiger partial charge < -0.3 is 4.90 Å². The smallest absolute Gasteiger partial charge is 0.0669 e. The summed E-state index contributed by atoms with van der Waals surface area (Å²) < 4.78 is 0. The topological polar surface area (TPSA) is 15.6 Å². The van der Waals surface area contributed by atoms with Crippen molar-refractivity contribution in [2.45, 2.75) is 12.8 Å². The van der Waals surface area contributed by atoms with Crippen LogP contribution in [-0.2, 0) is 12.8 Å². The minimum Gasteiger partial charge on any atom is -0.310 e. The molecule has 11 rings (SSSR count). The van der Waals surface area contributed by atoms with Crippen molar-refractivity contribution in [3.8, 4) is 33.4 Å². The van der Waals surface area contributed by atoms with Gasteiger partial charge in [-0.1, -0.05) is 146 Å². The van der Waals surface area contributed by atoms with Gasteiger partial charge in [0.1, 0.15) is 0 Å². The van der Waals surface area contributed by atoms with E-state index in [1.54, 1.807) is 0 Å². The molecule has 2 heteroatoms. The highest BCUT2D eigenvalue weighted by molar-refractivity contribution is 6.09. The Morgan fingerprint density at radius 1 is 0.382 bits per heavy atom. The molecule has 0 fully saturated rings. The first-order chi connectivity index (χ1) is 27.2. The fourth-order valence-corrected chi connectivity index (χ4v) is 8.83. The molecule has 0 saturated carbocycles. The van der Waals surface area contributed by atoms with E-state index in [1.165, 1.54) is 77.2 Å². The third-order valence-corrected chi connectivity index (χ3v) is 11.5. The summed E-state index contributed by atoms with van der Waals surface area (Å²) in [7, 11) is 0. The predicted molar refractivity (Wildman–Crippen MR) is 232 cm³/mol. The fourth-order valence-electron chi connectivity index (χ4n) is 8.83. The molecule has 1 aliphatic carbocycles. The maximum absolute atomic E-state index is 5.00. The quantitative estimate of drug-likeness (QED) is 0.169. The summed E-state index contributed by atoms with van der Waals surface area (Å²) in [5.74, 6) is 0. The molecule has 0 N–H and O–H groups in total. The van der Waals surface area contributed by atoms with Gasteiger partial charge >= 0.3 is 0 Å². The van der Waals surface area contributed by atoms with Crippen LogP contribution in [0, 0.1) is 0 Å². The van der Waals surface area contributed by atoms with Crippen molar-refractivity contribution in [1.29, 1.82) is 0 Å². The molecule has 9 aromatic rings. The van der Waals surface area contributed by atoms with Gasteiger partial charge in [-0.25, -0.2) is 0 Å². The molecule has 0 radical (unpaired) electrons. The molecular formula is C53H36N2. The predicted octanol–water partition coefficient (Wildman–Crippen LogP) is 14.0. The molecule has 1 aliphatic heterocycles. The Morgan fingerprint density at radius 3 is 1.85 bits per heavy atom. The van der Waals surface area contributed by atoms with E-state index >= 15 is 0 Å². The van der Waals surface area contributed by atoms with E-state index in [0.717, 1.165) is 41.3 Å². The van der Waals surface area contributed by atoms with Crippen molar-refractivity contribution in [3.63, 3.8) is 0 Å². The molecule has 0 saturated heterocycles. The molecule has 2 aliphatic rings. The van der Waals surface area contributed by atoms with Gasteiger partial charge in [-0.3, -0.25) is 4.99 Å².